The Balaban J connectivity index is 2.57. The second-order valence-corrected chi connectivity index (χ2v) is 4.57. The number of hydrogen-bond donors (Lipinski definition) is 2. The Labute approximate surface area is 103 Å². The molecule has 1 aromatic rings. The van der Waals surface area contributed by atoms with Gasteiger partial charge in [0.05, 0.1) is 0 Å². The first kappa shape index (κ1) is 13.7. The minimum absolute atomic E-state index is 0.137. The number of hydrogen-bond acceptors (Lipinski definition) is 2. The van der Waals surface area contributed by atoms with Crippen LogP contribution in [0.5, 0.6) is 0 Å². The number of aryl methyl sites for hydroxylation is 1. The summed E-state index contributed by atoms with van der Waals surface area (Å²) >= 11 is 0. The fraction of sp³-hybridized carbons (Fsp3) is 0.500. The normalized spacial score (nSPS) is 14.3. The van der Waals surface area contributed by atoms with Crippen molar-refractivity contribution >= 4 is 5.97 Å². The van der Waals surface area contributed by atoms with Crippen molar-refractivity contribution < 1.29 is 9.90 Å². The zero-order chi connectivity index (χ0) is 12.8. The second kappa shape index (κ2) is 6.40. The predicted molar refractivity (Wildman–Crippen MR) is 68.9 cm³/mol. The van der Waals surface area contributed by atoms with Gasteiger partial charge in [-0.1, -0.05) is 50.1 Å². The van der Waals surface area contributed by atoms with Crippen LogP contribution in [0.3, 0.4) is 0 Å². The van der Waals surface area contributed by atoms with Crippen molar-refractivity contribution in [2.45, 2.75) is 39.8 Å². The Hall–Kier alpha value is -1.35. The van der Waals surface area contributed by atoms with Crippen LogP contribution < -0.4 is 5.32 Å². The van der Waals surface area contributed by atoms with Crippen molar-refractivity contribution in [3.8, 4) is 0 Å². The molecule has 0 fully saturated rings. The monoisotopic (exact) mass is 235 g/mol. The van der Waals surface area contributed by atoms with Crippen LogP contribution in [-0.4, -0.2) is 17.1 Å². The standard InChI is InChI=1S/C14H21NO2/c1-4-11(3)13(14(16)17)15-9-12-7-5-10(2)6-8-12/h5-8,11,13,15H,4,9H2,1-3H3,(H,16,17)/t11-,13-/m0/s1. The van der Waals surface area contributed by atoms with Crippen LogP contribution in [0.15, 0.2) is 24.3 Å². The van der Waals surface area contributed by atoms with Gasteiger partial charge in [-0.15, -0.1) is 0 Å². The number of carboxylic acids is 1. The van der Waals surface area contributed by atoms with Gasteiger partial charge >= 0.3 is 5.97 Å². The van der Waals surface area contributed by atoms with Gasteiger partial charge in [0.15, 0.2) is 0 Å². The molecule has 1 rings (SSSR count). The van der Waals surface area contributed by atoms with Gasteiger partial charge in [-0.2, -0.15) is 0 Å². The summed E-state index contributed by atoms with van der Waals surface area (Å²) in [5, 5.41) is 12.2. The van der Waals surface area contributed by atoms with E-state index < -0.39 is 12.0 Å². The van der Waals surface area contributed by atoms with Gasteiger partial charge in [-0.3, -0.25) is 4.79 Å². The van der Waals surface area contributed by atoms with Crippen LogP contribution in [0.4, 0.5) is 0 Å². The first-order chi connectivity index (χ1) is 8.04. The van der Waals surface area contributed by atoms with Crippen molar-refractivity contribution in [3.63, 3.8) is 0 Å². The molecule has 0 unspecified atom stereocenters. The average Bonchev–Trinajstić information content (AvgIpc) is 2.31. The Kier molecular flexibility index (Phi) is 5.16. The number of nitrogens with one attached hydrogen (secondary N) is 1. The Morgan fingerprint density at radius 1 is 1.35 bits per heavy atom. The van der Waals surface area contributed by atoms with E-state index in [0.717, 1.165) is 12.0 Å². The molecule has 0 aromatic heterocycles. The lowest BCUT2D eigenvalue weighted by molar-refractivity contribution is -0.140. The van der Waals surface area contributed by atoms with Gasteiger partial charge in [0.1, 0.15) is 6.04 Å². The Morgan fingerprint density at radius 3 is 2.41 bits per heavy atom. The summed E-state index contributed by atoms with van der Waals surface area (Å²) in [6, 6.07) is 7.66. The van der Waals surface area contributed by atoms with E-state index in [1.807, 2.05) is 45.0 Å². The number of carboxylic acid groups (broad SMARTS) is 1. The third kappa shape index (κ3) is 4.19. The van der Waals surface area contributed by atoms with Crippen LogP contribution >= 0.6 is 0 Å². The third-order valence-corrected chi connectivity index (χ3v) is 3.13. The van der Waals surface area contributed by atoms with Crippen molar-refractivity contribution in [2.24, 2.45) is 5.92 Å². The van der Waals surface area contributed by atoms with Crippen molar-refractivity contribution in [1.29, 1.82) is 0 Å². The number of carbonyl (C=O) groups is 1. The van der Waals surface area contributed by atoms with Crippen LogP contribution in [0.25, 0.3) is 0 Å². The SMILES string of the molecule is CC[C@H](C)[C@H](NCc1ccc(C)cc1)C(=O)O. The molecule has 17 heavy (non-hydrogen) atoms. The van der Waals surface area contributed by atoms with E-state index in [0.29, 0.717) is 6.54 Å². The first-order valence-electron chi connectivity index (χ1n) is 6.06. The fourth-order valence-corrected chi connectivity index (χ4v) is 1.70. The quantitative estimate of drug-likeness (QED) is 0.796. The highest BCUT2D eigenvalue weighted by molar-refractivity contribution is 5.73. The molecule has 0 amide bonds. The maximum Gasteiger partial charge on any atom is 0.320 e. The lowest BCUT2D eigenvalue weighted by Crippen LogP contribution is -2.41. The second-order valence-electron chi connectivity index (χ2n) is 4.57. The van der Waals surface area contributed by atoms with E-state index in [1.54, 1.807) is 0 Å². The highest BCUT2D eigenvalue weighted by atomic mass is 16.4. The molecule has 0 saturated heterocycles. The number of aliphatic carboxylic acids is 1. The summed E-state index contributed by atoms with van der Waals surface area (Å²) in [4.78, 5) is 11.1. The predicted octanol–water partition coefficient (Wildman–Crippen LogP) is 2.58. The number of benzene rings is 1. The summed E-state index contributed by atoms with van der Waals surface area (Å²) in [6.07, 6.45) is 0.859. The maximum absolute atomic E-state index is 11.1. The van der Waals surface area contributed by atoms with Crippen molar-refractivity contribution in [3.05, 3.63) is 35.4 Å². The first-order valence-corrected chi connectivity index (χ1v) is 6.06. The molecule has 0 aliphatic heterocycles. The Bertz CT molecular complexity index is 359. The summed E-state index contributed by atoms with van der Waals surface area (Å²) in [6.45, 7) is 6.60. The highest BCUT2D eigenvalue weighted by Crippen LogP contribution is 2.09. The van der Waals surface area contributed by atoms with Crippen LogP contribution in [0.1, 0.15) is 31.4 Å². The summed E-state index contributed by atoms with van der Waals surface area (Å²) in [5.74, 6) is -0.635. The molecule has 3 heteroatoms. The molecule has 0 spiro atoms. The molecule has 0 heterocycles. The molecule has 1 aromatic carbocycles. The topological polar surface area (TPSA) is 49.3 Å². The molecule has 3 nitrogen and oxygen atoms in total. The zero-order valence-electron chi connectivity index (χ0n) is 10.7. The van der Waals surface area contributed by atoms with Gasteiger partial charge in [0, 0.05) is 6.54 Å². The molecule has 94 valence electrons. The van der Waals surface area contributed by atoms with E-state index in [-0.39, 0.29) is 5.92 Å². The van der Waals surface area contributed by atoms with Crippen LogP contribution in [0, 0.1) is 12.8 Å². The van der Waals surface area contributed by atoms with E-state index >= 15 is 0 Å². The van der Waals surface area contributed by atoms with Crippen molar-refractivity contribution in [1.82, 2.24) is 5.32 Å². The van der Waals surface area contributed by atoms with E-state index in [4.69, 9.17) is 5.11 Å². The van der Waals surface area contributed by atoms with Crippen molar-refractivity contribution in [2.75, 3.05) is 0 Å². The average molecular weight is 235 g/mol. The van der Waals surface area contributed by atoms with E-state index in [1.165, 1.54) is 5.56 Å². The highest BCUT2D eigenvalue weighted by Gasteiger charge is 2.22. The minimum Gasteiger partial charge on any atom is -0.480 e. The van der Waals surface area contributed by atoms with E-state index in [9.17, 15) is 4.79 Å². The van der Waals surface area contributed by atoms with Crippen LogP contribution in [0.2, 0.25) is 0 Å². The molecule has 2 atom stereocenters. The summed E-state index contributed by atoms with van der Waals surface area (Å²) in [5.41, 5.74) is 2.33. The fourth-order valence-electron chi connectivity index (χ4n) is 1.70. The molecule has 0 radical (unpaired) electrons. The van der Waals surface area contributed by atoms with Gasteiger partial charge < -0.3 is 10.4 Å². The van der Waals surface area contributed by atoms with E-state index in [2.05, 4.69) is 5.32 Å². The molecular formula is C14H21NO2. The van der Waals surface area contributed by atoms with Gasteiger partial charge in [0.25, 0.3) is 0 Å². The molecule has 0 saturated carbocycles. The van der Waals surface area contributed by atoms with Gasteiger partial charge in [-0.05, 0) is 18.4 Å². The number of rotatable bonds is 6. The maximum atomic E-state index is 11.1. The van der Waals surface area contributed by atoms with Crippen LogP contribution in [-0.2, 0) is 11.3 Å². The third-order valence-electron chi connectivity index (χ3n) is 3.13. The molecule has 0 aliphatic carbocycles. The van der Waals surface area contributed by atoms with Gasteiger partial charge in [-0.25, -0.2) is 0 Å². The minimum atomic E-state index is -0.772. The lowest BCUT2D eigenvalue weighted by atomic mass is 9.99. The Morgan fingerprint density at radius 2 is 1.94 bits per heavy atom. The largest absolute Gasteiger partial charge is 0.480 e. The van der Waals surface area contributed by atoms with Gasteiger partial charge in [0.2, 0.25) is 0 Å². The lowest BCUT2D eigenvalue weighted by Gasteiger charge is -2.20. The smallest absolute Gasteiger partial charge is 0.320 e. The summed E-state index contributed by atoms with van der Waals surface area (Å²) in [7, 11) is 0. The summed E-state index contributed by atoms with van der Waals surface area (Å²) < 4.78 is 0. The molecule has 2 N–H and O–H groups in total. The molecule has 0 bridgehead atoms. The molecule has 0 aliphatic rings. The zero-order valence-corrected chi connectivity index (χ0v) is 10.7. The molecular weight excluding hydrogens is 214 g/mol.